The Morgan fingerprint density at radius 2 is 1.73 bits per heavy atom. The molecule has 0 bridgehead atoms. The number of hydrogen-bond acceptors (Lipinski definition) is 5. The molecular weight excluding hydrogens is 423 g/mol. The number of piperazine rings is 1. The van der Waals surface area contributed by atoms with Crippen molar-refractivity contribution in [1.82, 2.24) is 15.0 Å². The van der Waals surface area contributed by atoms with Crippen LogP contribution in [0.25, 0.3) is 11.4 Å². The van der Waals surface area contributed by atoms with E-state index in [-0.39, 0.29) is 5.91 Å². The Morgan fingerprint density at radius 3 is 2.47 bits per heavy atom. The number of benzene rings is 2. The Labute approximate surface area is 185 Å². The predicted octanol–water partition coefficient (Wildman–Crippen LogP) is 4.63. The van der Waals surface area contributed by atoms with Crippen molar-refractivity contribution in [3.05, 3.63) is 64.0 Å². The van der Waals surface area contributed by atoms with Crippen molar-refractivity contribution < 1.29 is 9.32 Å². The number of carbonyl (C=O) groups is 1. The Balaban J connectivity index is 1.29. The average molecular weight is 445 g/mol. The minimum absolute atomic E-state index is 0.101. The molecule has 0 aliphatic carbocycles. The van der Waals surface area contributed by atoms with Gasteiger partial charge in [-0.1, -0.05) is 34.4 Å². The molecule has 0 unspecified atom stereocenters. The molecule has 0 spiro atoms. The third kappa shape index (κ3) is 4.77. The lowest BCUT2D eigenvalue weighted by Crippen LogP contribution is -2.49. The molecule has 0 N–H and O–H groups in total. The molecule has 3 aromatic rings. The van der Waals surface area contributed by atoms with Crippen LogP contribution in [0.15, 0.2) is 47.0 Å². The summed E-state index contributed by atoms with van der Waals surface area (Å²) in [5.74, 6) is 1.06. The molecule has 4 rings (SSSR count). The van der Waals surface area contributed by atoms with Crippen LogP contribution in [0.4, 0.5) is 5.69 Å². The normalized spacial score (nSPS) is 14.2. The lowest BCUT2D eigenvalue weighted by Gasteiger charge is -2.37. The SMILES string of the molecule is Cc1ccc(Cl)cc1N1CCN(C(=O)CCc2nc(-c3ccc(Cl)cc3)no2)CC1. The average Bonchev–Trinajstić information content (AvgIpc) is 3.23. The summed E-state index contributed by atoms with van der Waals surface area (Å²) in [6.07, 6.45) is 0.769. The number of amides is 1. The summed E-state index contributed by atoms with van der Waals surface area (Å²) in [4.78, 5) is 21.2. The first-order valence-corrected chi connectivity index (χ1v) is 10.6. The number of carbonyl (C=O) groups excluding carboxylic acids is 1. The van der Waals surface area contributed by atoms with Gasteiger partial charge < -0.3 is 14.3 Å². The molecular formula is C22H22Cl2N4O2. The zero-order valence-corrected chi connectivity index (χ0v) is 18.2. The fourth-order valence-corrected chi connectivity index (χ4v) is 3.86. The van der Waals surface area contributed by atoms with Crippen LogP contribution >= 0.6 is 23.2 Å². The lowest BCUT2D eigenvalue weighted by atomic mass is 10.1. The molecule has 0 saturated carbocycles. The molecule has 0 atom stereocenters. The summed E-state index contributed by atoms with van der Waals surface area (Å²) in [5.41, 5.74) is 3.15. The number of aryl methyl sites for hydroxylation is 2. The highest BCUT2D eigenvalue weighted by Crippen LogP contribution is 2.25. The monoisotopic (exact) mass is 444 g/mol. The maximum atomic E-state index is 12.6. The highest BCUT2D eigenvalue weighted by Gasteiger charge is 2.22. The quantitative estimate of drug-likeness (QED) is 0.573. The largest absolute Gasteiger partial charge is 0.368 e. The van der Waals surface area contributed by atoms with Crippen LogP contribution in [0.3, 0.4) is 0 Å². The van der Waals surface area contributed by atoms with E-state index < -0.39 is 0 Å². The van der Waals surface area contributed by atoms with Gasteiger partial charge in [-0.3, -0.25) is 4.79 Å². The molecule has 2 heterocycles. The predicted molar refractivity (Wildman–Crippen MR) is 118 cm³/mol. The van der Waals surface area contributed by atoms with Gasteiger partial charge in [0.2, 0.25) is 17.6 Å². The first kappa shape index (κ1) is 20.7. The second kappa shape index (κ2) is 9.06. The number of rotatable bonds is 5. The minimum atomic E-state index is 0.101. The van der Waals surface area contributed by atoms with Crippen LogP contribution in [-0.4, -0.2) is 47.1 Å². The number of aromatic nitrogens is 2. The second-order valence-corrected chi connectivity index (χ2v) is 8.19. The summed E-state index contributed by atoms with van der Waals surface area (Å²) in [5, 5.41) is 5.37. The standard InChI is InChI=1S/C22H22Cl2N4O2/c1-15-2-5-18(24)14-19(15)27-10-12-28(13-11-27)21(29)9-8-20-25-22(26-30-20)16-3-6-17(23)7-4-16/h2-7,14H,8-13H2,1H3. The van der Waals surface area contributed by atoms with Gasteiger partial charge in [0.1, 0.15) is 0 Å². The molecule has 1 aliphatic rings. The van der Waals surface area contributed by atoms with Crippen molar-refractivity contribution in [2.24, 2.45) is 0 Å². The van der Waals surface area contributed by atoms with Crippen molar-refractivity contribution in [1.29, 1.82) is 0 Å². The molecule has 1 saturated heterocycles. The van der Waals surface area contributed by atoms with Crippen LogP contribution < -0.4 is 4.90 Å². The smallest absolute Gasteiger partial charge is 0.227 e. The zero-order valence-electron chi connectivity index (χ0n) is 16.6. The van der Waals surface area contributed by atoms with Gasteiger partial charge in [0.25, 0.3) is 0 Å². The van der Waals surface area contributed by atoms with Gasteiger partial charge in [0, 0.05) is 60.3 Å². The summed E-state index contributed by atoms with van der Waals surface area (Å²) in [6.45, 7) is 5.02. The lowest BCUT2D eigenvalue weighted by molar-refractivity contribution is -0.131. The Hall–Kier alpha value is -2.57. The van der Waals surface area contributed by atoms with Gasteiger partial charge >= 0.3 is 0 Å². The molecule has 8 heteroatoms. The molecule has 2 aromatic carbocycles. The topological polar surface area (TPSA) is 62.5 Å². The first-order chi connectivity index (χ1) is 14.5. The van der Waals surface area contributed by atoms with E-state index in [4.69, 9.17) is 27.7 Å². The van der Waals surface area contributed by atoms with E-state index in [1.54, 1.807) is 12.1 Å². The van der Waals surface area contributed by atoms with E-state index >= 15 is 0 Å². The molecule has 156 valence electrons. The molecule has 6 nitrogen and oxygen atoms in total. The summed E-state index contributed by atoms with van der Waals surface area (Å²) < 4.78 is 5.30. The number of nitrogens with zero attached hydrogens (tertiary/aromatic N) is 4. The third-order valence-electron chi connectivity index (χ3n) is 5.27. The molecule has 1 aromatic heterocycles. The Morgan fingerprint density at radius 1 is 1.03 bits per heavy atom. The molecule has 1 amide bonds. The van der Waals surface area contributed by atoms with E-state index in [1.807, 2.05) is 35.2 Å². The minimum Gasteiger partial charge on any atom is -0.368 e. The van der Waals surface area contributed by atoms with Crippen LogP contribution in [-0.2, 0) is 11.2 Å². The second-order valence-electron chi connectivity index (χ2n) is 7.32. The van der Waals surface area contributed by atoms with Gasteiger partial charge in [-0.05, 0) is 48.9 Å². The molecule has 1 fully saturated rings. The van der Waals surface area contributed by atoms with E-state index in [0.29, 0.717) is 42.7 Å². The summed E-state index contributed by atoms with van der Waals surface area (Å²) >= 11 is 12.1. The van der Waals surface area contributed by atoms with Gasteiger partial charge in [-0.25, -0.2) is 0 Å². The molecule has 0 radical (unpaired) electrons. The number of anilines is 1. The van der Waals surface area contributed by atoms with Crippen molar-refractivity contribution in [2.75, 3.05) is 31.1 Å². The van der Waals surface area contributed by atoms with Crippen molar-refractivity contribution in [3.8, 4) is 11.4 Å². The summed E-state index contributed by atoms with van der Waals surface area (Å²) in [7, 11) is 0. The van der Waals surface area contributed by atoms with Gasteiger partial charge in [0.15, 0.2) is 0 Å². The van der Waals surface area contributed by atoms with Crippen molar-refractivity contribution >= 4 is 34.8 Å². The maximum Gasteiger partial charge on any atom is 0.227 e. The molecule has 1 aliphatic heterocycles. The Kier molecular flexibility index (Phi) is 6.25. The fourth-order valence-electron chi connectivity index (χ4n) is 3.56. The Bertz CT molecular complexity index is 1030. The van der Waals surface area contributed by atoms with E-state index in [9.17, 15) is 4.79 Å². The van der Waals surface area contributed by atoms with E-state index in [0.717, 1.165) is 29.4 Å². The van der Waals surface area contributed by atoms with Crippen molar-refractivity contribution in [2.45, 2.75) is 19.8 Å². The first-order valence-electron chi connectivity index (χ1n) is 9.87. The van der Waals surface area contributed by atoms with Crippen molar-refractivity contribution in [3.63, 3.8) is 0 Å². The fraction of sp³-hybridized carbons (Fsp3) is 0.318. The van der Waals surface area contributed by atoms with Gasteiger partial charge in [0.05, 0.1) is 0 Å². The van der Waals surface area contributed by atoms with Gasteiger partial charge in [-0.2, -0.15) is 4.98 Å². The van der Waals surface area contributed by atoms with Crippen LogP contribution in [0.5, 0.6) is 0 Å². The highest BCUT2D eigenvalue weighted by molar-refractivity contribution is 6.31. The van der Waals surface area contributed by atoms with E-state index in [2.05, 4.69) is 22.0 Å². The van der Waals surface area contributed by atoms with E-state index in [1.165, 1.54) is 5.56 Å². The zero-order chi connectivity index (χ0) is 21.1. The number of hydrogen-bond donors (Lipinski definition) is 0. The summed E-state index contributed by atoms with van der Waals surface area (Å²) in [6, 6.07) is 13.1. The van der Waals surface area contributed by atoms with Crippen LogP contribution in [0.1, 0.15) is 17.9 Å². The van der Waals surface area contributed by atoms with Gasteiger partial charge in [-0.15, -0.1) is 0 Å². The third-order valence-corrected chi connectivity index (χ3v) is 5.75. The molecule has 30 heavy (non-hydrogen) atoms. The van der Waals surface area contributed by atoms with Crippen LogP contribution in [0.2, 0.25) is 10.0 Å². The van der Waals surface area contributed by atoms with Crippen LogP contribution in [0, 0.1) is 6.92 Å². The highest BCUT2D eigenvalue weighted by atomic mass is 35.5. The maximum absolute atomic E-state index is 12.6. The number of halogens is 2.